The molecule has 3 nitrogen and oxygen atoms in total. The minimum atomic E-state index is -1.28. The molecule has 0 fully saturated rings. The lowest BCUT2D eigenvalue weighted by molar-refractivity contribution is 0.612. The van der Waals surface area contributed by atoms with Crippen LogP contribution in [-0.4, -0.2) is 15.5 Å². The zero-order valence-electron chi connectivity index (χ0n) is 11.0. The Morgan fingerprint density at radius 1 is 1.42 bits per heavy atom. The summed E-state index contributed by atoms with van der Waals surface area (Å²) in [6, 6.07) is 4.84. The number of benzene rings is 1. The molecule has 2 atom stereocenters. The van der Waals surface area contributed by atoms with E-state index in [1.807, 2.05) is 20.8 Å². The molecule has 0 aliphatic carbocycles. The third kappa shape index (κ3) is 4.47. The minimum absolute atomic E-state index is 0.155. The summed E-state index contributed by atoms with van der Waals surface area (Å²) in [5.41, 5.74) is 0.697. The van der Waals surface area contributed by atoms with Gasteiger partial charge in [0.25, 0.3) is 0 Å². The Balaban J connectivity index is 3.05. The van der Waals surface area contributed by atoms with E-state index in [-0.39, 0.29) is 6.54 Å². The second-order valence-corrected chi connectivity index (χ2v) is 7.82. The number of nitrogens with zero attached hydrogens (tertiary/aromatic N) is 1. The Labute approximate surface area is 126 Å². The number of hydrogen-bond donors (Lipinski definition) is 1. The molecule has 1 rings (SSSR count). The molecule has 1 aromatic rings. The fourth-order valence-electron chi connectivity index (χ4n) is 1.39. The van der Waals surface area contributed by atoms with Gasteiger partial charge in [-0.2, -0.15) is 0 Å². The number of nitrogens with one attached hydrogen (secondary N) is 1. The fraction of sp³-hybridized carbons (Fsp3) is 0.462. The van der Waals surface area contributed by atoms with Gasteiger partial charge in [0.15, 0.2) is 0 Å². The van der Waals surface area contributed by atoms with Gasteiger partial charge in [-0.05, 0) is 32.4 Å². The lowest BCUT2D eigenvalue weighted by Gasteiger charge is -2.22. The molecule has 0 aliphatic heterocycles. The lowest BCUT2D eigenvalue weighted by atomic mass is 10.1. The molecule has 1 N–H and O–H groups in total. The van der Waals surface area contributed by atoms with Gasteiger partial charge in [0.05, 0.1) is 25.8 Å². The van der Waals surface area contributed by atoms with Crippen molar-refractivity contribution >= 4 is 34.2 Å². The summed E-state index contributed by atoms with van der Waals surface area (Å²) in [5, 5.41) is 0.828. The van der Waals surface area contributed by atoms with E-state index >= 15 is 0 Å². The monoisotopic (exact) mass is 318 g/mol. The van der Waals surface area contributed by atoms with Crippen LogP contribution in [0.5, 0.6) is 0 Å². The second kappa shape index (κ2) is 6.71. The van der Waals surface area contributed by atoms with Gasteiger partial charge < -0.3 is 4.85 Å². The van der Waals surface area contributed by atoms with Crippen LogP contribution in [0.4, 0.5) is 0 Å². The van der Waals surface area contributed by atoms with E-state index < -0.39 is 21.8 Å². The quantitative estimate of drug-likeness (QED) is 0.836. The molecule has 0 amide bonds. The molecule has 0 bridgehead atoms. The van der Waals surface area contributed by atoms with Crippen molar-refractivity contribution in [2.75, 3.05) is 6.54 Å². The van der Waals surface area contributed by atoms with E-state index in [2.05, 4.69) is 9.57 Å². The summed E-state index contributed by atoms with van der Waals surface area (Å²) in [6.45, 7) is 12.8. The van der Waals surface area contributed by atoms with Crippen molar-refractivity contribution in [3.63, 3.8) is 0 Å². The molecule has 0 saturated carbocycles. The predicted molar refractivity (Wildman–Crippen MR) is 81.7 cm³/mol. The molecule has 0 saturated heterocycles. The predicted octanol–water partition coefficient (Wildman–Crippen LogP) is 4.01. The zero-order valence-corrected chi connectivity index (χ0v) is 13.4. The van der Waals surface area contributed by atoms with Gasteiger partial charge in [0.2, 0.25) is 6.54 Å². The van der Waals surface area contributed by atoms with Crippen LogP contribution in [0.25, 0.3) is 4.85 Å². The Bertz CT molecular complexity index is 520. The van der Waals surface area contributed by atoms with Gasteiger partial charge in [0.1, 0.15) is 6.04 Å². The highest BCUT2D eigenvalue weighted by Crippen LogP contribution is 2.30. The first-order valence-electron chi connectivity index (χ1n) is 5.72. The SMILES string of the molecule is [C-]#[N+]CC(N[S@](=O)C(C)(C)C)c1cccc(Cl)c1Cl. The molecule has 19 heavy (non-hydrogen) atoms. The van der Waals surface area contributed by atoms with Gasteiger partial charge >= 0.3 is 0 Å². The summed E-state index contributed by atoms with van der Waals surface area (Å²) >= 11 is 12.1. The zero-order chi connectivity index (χ0) is 14.6. The standard InChI is InChI=1S/C13H16Cl2N2OS/c1-13(2,3)19(18)17-11(8-16-4)9-6-5-7-10(14)12(9)15/h5-7,11,17H,8H2,1-3H3/t11?,19-/m1/s1. The van der Waals surface area contributed by atoms with Crippen LogP contribution in [0, 0.1) is 6.57 Å². The first-order chi connectivity index (χ1) is 8.77. The third-order valence-electron chi connectivity index (χ3n) is 2.44. The fourth-order valence-corrected chi connectivity index (χ4v) is 2.64. The number of rotatable bonds is 4. The molecule has 0 spiro atoms. The Morgan fingerprint density at radius 2 is 2.05 bits per heavy atom. The van der Waals surface area contributed by atoms with E-state index in [0.717, 1.165) is 0 Å². The van der Waals surface area contributed by atoms with Crippen molar-refractivity contribution < 1.29 is 4.21 Å². The highest BCUT2D eigenvalue weighted by Gasteiger charge is 2.26. The van der Waals surface area contributed by atoms with Gasteiger partial charge in [-0.1, -0.05) is 35.3 Å². The maximum absolute atomic E-state index is 12.1. The number of hydrogen-bond acceptors (Lipinski definition) is 1. The molecule has 6 heteroatoms. The van der Waals surface area contributed by atoms with Crippen LogP contribution in [0.15, 0.2) is 18.2 Å². The molecular formula is C13H16Cl2N2OS. The first kappa shape index (κ1) is 16.5. The van der Waals surface area contributed by atoms with Crippen LogP contribution in [-0.2, 0) is 11.0 Å². The van der Waals surface area contributed by atoms with Gasteiger partial charge in [-0.3, -0.25) is 0 Å². The van der Waals surface area contributed by atoms with Gasteiger partial charge in [-0.25, -0.2) is 15.5 Å². The summed E-state index contributed by atoms with van der Waals surface area (Å²) in [4.78, 5) is 3.37. The average molecular weight is 319 g/mol. The van der Waals surface area contributed by atoms with Crippen molar-refractivity contribution in [3.8, 4) is 0 Å². The summed E-state index contributed by atoms with van der Waals surface area (Å²) < 4.78 is 14.7. The van der Waals surface area contributed by atoms with E-state index in [9.17, 15) is 4.21 Å². The minimum Gasteiger partial charge on any atom is -0.315 e. The maximum Gasteiger partial charge on any atom is 0.234 e. The van der Waals surface area contributed by atoms with Crippen molar-refractivity contribution in [2.45, 2.75) is 31.6 Å². The molecule has 1 aromatic carbocycles. The molecule has 1 unspecified atom stereocenters. The molecule has 0 aliphatic rings. The van der Waals surface area contributed by atoms with Crippen LogP contribution < -0.4 is 4.72 Å². The highest BCUT2D eigenvalue weighted by atomic mass is 35.5. The van der Waals surface area contributed by atoms with Crippen LogP contribution in [0.2, 0.25) is 10.0 Å². The van der Waals surface area contributed by atoms with Crippen LogP contribution in [0.1, 0.15) is 32.4 Å². The smallest absolute Gasteiger partial charge is 0.234 e. The Morgan fingerprint density at radius 3 is 2.58 bits per heavy atom. The van der Waals surface area contributed by atoms with E-state index in [1.165, 1.54) is 0 Å². The maximum atomic E-state index is 12.1. The topological polar surface area (TPSA) is 33.5 Å². The van der Waals surface area contributed by atoms with Crippen molar-refractivity contribution in [1.82, 2.24) is 4.72 Å². The largest absolute Gasteiger partial charge is 0.315 e. The molecule has 0 heterocycles. The molecule has 0 radical (unpaired) electrons. The molecular weight excluding hydrogens is 303 g/mol. The second-order valence-electron chi connectivity index (χ2n) is 5.04. The van der Waals surface area contributed by atoms with Gasteiger partial charge in [-0.15, -0.1) is 0 Å². The van der Waals surface area contributed by atoms with Gasteiger partial charge in [0, 0.05) is 0 Å². The molecule has 0 aromatic heterocycles. The van der Waals surface area contributed by atoms with Crippen molar-refractivity contribution in [3.05, 3.63) is 45.2 Å². The number of halogens is 2. The highest BCUT2D eigenvalue weighted by molar-refractivity contribution is 7.84. The van der Waals surface area contributed by atoms with Crippen molar-refractivity contribution in [2.24, 2.45) is 0 Å². The van der Waals surface area contributed by atoms with E-state index in [4.69, 9.17) is 29.8 Å². The van der Waals surface area contributed by atoms with Crippen LogP contribution >= 0.6 is 23.2 Å². The molecule has 104 valence electrons. The third-order valence-corrected chi connectivity index (χ3v) is 4.88. The summed E-state index contributed by atoms with van der Waals surface area (Å²) in [5.74, 6) is 0. The summed E-state index contributed by atoms with van der Waals surface area (Å²) in [6.07, 6.45) is 0. The average Bonchev–Trinajstić information content (AvgIpc) is 2.31. The summed E-state index contributed by atoms with van der Waals surface area (Å²) in [7, 11) is -1.28. The van der Waals surface area contributed by atoms with Crippen LogP contribution in [0.3, 0.4) is 0 Å². The van der Waals surface area contributed by atoms with E-state index in [0.29, 0.717) is 15.6 Å². The Kier molecular flexibility index (Phi) is 5.82. The first-order valence-corrected chi connectivity index (χ1v) is 7.63. The lowest BCUT2D eigenvalue weighted by Crippen LogP contribution is -2.36. The van der Waals surface area contributed by atoms with Crippen molar-refractivity contribution in [1.29, 1.82) is 0 Å². The van der Waals surface area contributed by atoms with E-state index in [1.54, 1.807) is 18.2 Å². The normalized spacial score (nSPS) is 14.7. The Hall–Kier alpha value is -0.600.